The molecule has 0 amide bonds. The number of piperazine rings is 1. The highest BCUT2D eigenvalue weighted by atomic mass is 79.9. The van der Waals surface area contributed by atoms with Crippen molar-refractivity contribution in [2.45, 2.75) is 26.3 Å². The summed E-state index contributed by atoms with van der Waals surface area (Å²) < 4.78 is 1.14. The second kappa shape index (κ2) is 6.73. The van der Waals surface area contributed by atoms with Crippen molar-refractivity contribution in [2.75, 3.05) is 37.6 Å². The fraction of sp³-hybridized carbons (Fsp3) is 0.600. The van der Waals surface area contributed by atoms with Gasteiger partial charge in [0.25, 0.3) is 0 Å². The third kappa shape index (κ3) is 3.50. The molecular weight excluding hydrogens is 302 g/mol. The topological polar surface area (TPSA) is 32.5 Å². The molecule has 1 aliphatic rings. The van der Waals surface area contributed by atoms with Crippen LogP contribution in [0.2, 0.25) is 0 Å². The molecule has 0 aromatic heterocycles. The van der Waals surface area contributed by atoms with E-state index in [0.717, 1.165) is 37.1 Å². The highest BCUT2D eigenvalue weighted by molar-refractivity contribution is 9.10. The summed E-state index contributed by atoms with van der Waals surface area (Å²) in [7, 11) is 0. The summed E-state index contributed by atoms with van der Waals surface area (Å²) in [4.78, 5) is 5.05. The van der Waals surface area contributed by atoms with Crippen LogP contribution in [0.5, 0.6) is 0 Å². The fourth-order valence-corrected chi connectivity index (χ4v) is 3.31. The van der Waals surface area contributed by atoms with Crippen molar-refractivity contribution in [1.82, 2.24) is 4.90 Å². The first kappa shape index (κ1) is 14.8. The van der Waals surface area contributed by atoms with Crippen LogP contribution in [0.25, 0.3) is 0 Å². The summed E-state index contributed by atoms with van der Waals surface area (Å²) >= 11 is 3.56. The molecule has 0 saturated carbocycles. The summed E-state index contributed by atoms with van der Waals surface area (Å²) in [5, 5.41) is 0. The number of nitrogens with zero attached hydrogens (tertiary/aromatic N) is 2. The molecule has 0 aliphatic carbocycles. The van der Waals surface area contributed by atoms with Crippen molar-refractivity contribution in [2.24, 2.45) is 5.73 Å². The van der Waals surface area contributed by atoms with E-state index in [0.29, 0.717) is 12.6 Å². The summed E-state index contributed by atoms with van der Waals surface area (Å²) in [6, 6.07) is 7.18. The number of benzene rings is 1. The molecule has 0 radical (unpaired) electrons. The molecule has 1 saturated heterocycles. The van der Waals surface area contributed by atoms with Gasteiger partial charge in [0, 0.05) is 35.8 Å². The van der Waals surface area contributed by atoms with Crippen LogP contribution in [0.4, 0.5) is 5.69 Å². The minimum absolute atomic E-state index is 0.619. The number of likely N-dealkylation sites (N-methyl/N-ethyl adjacent to an activating group) is 1. The zero-order valence-electron chi connectivity index (χ0n) is 11.9. The predicted octanol–water partition coefficient (Wildman–Crippen LogP) is 2.48. The second-order valence-electron chi connectivity index (χ2n) is 5.24. The Hall–Kier alpha value is -0.580. The lowest BCUT2D eigenvalue weighted by atomic mass is 10.1. The third-order valence-electron chi connectivity index (χ3n) is 3.97. The maximum Gasteiger partial charge on any atom is 0.0401 e. The molecule has 1 aromatic carbocycles. The van der Waals surface area contributed by atoms with Gasteiger partial charge in [-0.05, 0) is 50.2 Å². The van der Waals surface area contributed by atoms with Gasteiger partial charge in [0.05, 0.1) is 0 Å². The molecule has 1 heterocycles. The average Bonchev–Trinajstić information content (AvgIpc) is 2.39. The largest absolute Gasteiger partial charge is 0.368 e. The predicted molar refractivity (Wildman–Crippen MR) is 85.8 cm³/mol. The smallest absolute Gasteiger partial charge is 0.0401 e. The van der Waals surface area contributed by atoms with Crippen LogP contribution < -0.4 is 10.6 Å². The molecule has 19 heavy (non-hydrogen) atoms. The molecule has 0 spiro atoms. The molecule has 1 atom stereocenters. The minimum Gasteiger partial charge on any atom is -0.368 e. The third-order valence-corrected chi connectivity index (χ3v) is 4.46. The Bertz CT molecular complexity index is 422. The van der Waals surface area contributed by atoms with Gasteiger partial charge in [-0.2, -0.15) is 0 Å². The van der Waals surface area contributed by atoms with Gasteiger partial charge in [-0.15, -0.1) is 0 Å². The van der Waals surface area contributed by atoms with Crippen molar-refractivity contribution in [3.63, 3.8) is 0 Å². The van der Waals surface area contributed by atoms with Crippen molar-refractivity contribution >= 4 is 21.6 Å². The van der Waals surface area contributed by atoms with Crippen LogP contribution in [0.3, 0.4) is 0 Å². The highest BCUT2D eigenvalue weighted by Gasteiger charge is 2.23. The fourth-order valence-electron chi connectivity index (χ4n) is 2.90. The van der Waals surface area contributed by atoms with Crippen LogP contribution in [0, 0.1) is 0 Å². The maximum absolute atomic E-state index is 5.74. The lowest BCUT2D eigenvalue weighted by molar-refractivity contribution is 0.199. The molecule has 106 valence electrons. The number of halogens is 1. The van der Waals surface area contributed by atoms with E-state index in [2.05, 4.69) is 57.8 Å². The lowest BCUT2D eigenvalue weighted by Gasteiger charge is -2.41. The van der Waals surface area contributed by atoms with Gasteiger partial charge in [-0.3, -0.25) is 4.90 Å². The Kier molecular flexibility index (Phi) is 5.25. The average molecular weight is 326 g/mol. The van der Waals surface area contributed by atoms with Crippen LogP contribution >= 0.6 is 15.9 Å². The molecule has 3 nitrogen and oxygen atoms in total. The van der Waals surface area contributed by atoms with Crippen LogP contribution in [0.1, 0.15) is 19.4 Å². The number of anilines is 1. The molecule has 0 bridgehead atoms. The summed E-state index contributed by atoms with van der Waals surface area (Å²) in [5.74, 6) is 0. The minimum atomic E-state index is 0.619. The standard InChI is InChI=1S/C15H24BrN3/c1-3-18-8-9-19(11-12(18)2)15-5-4-14(16)10-13(15)6-7-17/h4-5,10,12H,3,6-9,11,17H2,1-2H3. The molecular formula is C15H24BrN3. The number of hydrogen-bond donors (Lipinski definition) is 1. The molecule has 1 unspecified atom stereocenters. The normalized spacial score (nSPS) is 20.8. The summed E-state index contributed by atoms with van der Waals surface area (Å²) in [6.45, 7) is 9.77. The lowest BCUT2D eigenvalue weighted by Crippen LogP contribution is -2.52. The summed E-state index contributed by atoms with van der Waals surface area (Å²) in [6.07, 6.45) is 0.942. The Labute approximate surface area is 124 Å². The van der Waals surface area contributed by atoms with Crippen molar-refractivity contribution in [3.05, 3.63) is 28.2 Å². The van der Waals surface area contributed by atoms with Gasteiger partial charge in [-0.25, -0.2) is 0 Å². The maximum atomic E-state index is 5.74. The number of nitrogens with two attached hydrogens (primary N) is 1. The quantitative estimate of drug-likeness (QED) is 0.923. The van der Waals surface area contributed by atoms with Gasteiger partial charge in [0.1, 0.15) is 0 Å². The molecule has 4 heteroatoms. The van der Waals surface area contributed by atoms with Crippen molar-refractivity contribution in [1.29, 1.82) is 0 Å². The molecule has 1 aromatic rings. The van der Waals surface area contributed by atoms with Gasteiger partial charge < -0.3 is 10.6 Å². The van der Waals surface area contributed by atoms with Gasteiger partial charge in [0.2, 0.25) is 0 Å². The van der Waals surface area contributed by atoms with E-state index in [9.17, 15) is 0 Å². The zero-order chi connectivity index (χ0) is 13.8. The molecule has 2 rings (SSSR count). The van der Waals surface area contributed by atoms with Gasteiger partial charge in [0.15, 0.2) is 0 Å². The van der Waals surface area contributed by atoms with Crippen molar-refractivity contribution in [3.8, 4) is 0 Å². The SMILES string of the molecule is CCN1CCN(c2ccc(Br)cc2CCN)CC1C. The Morgan fingerprint density at radius 3 is 2.79 bits per heavy atom. The Morgan fingerprint density at radius 1 is 1.37 bits per heavy atom. The van der Waals surface area contributed by atoms with E-state index in [1.54, 1.807) is 0 Å². The first-order valence-corrected chi connectivity index (χ1v) is 7.92. The molecule has 1 fully saturated rings. The van der Waals surface area contributed by atoms with E-state index in [-0.39, 0.29) is 0 Å². The first-order valence-electron chi connectivity index (χ1n) is 7.13. The second-order valence-corrected chi connectivity index (χ2v) is 6.15. The zero-order valence-corrected chi connectivity index (χ0v) is 13.5. The van der Waals surface area contributed by atoms with Crippen LogP contribution in [-0.2, 0) is 6.42 Å². The first-order chi connectivity index (χ1) is 9.15. The van der Waals surface area contributed by atoms with Gasteiger partial charge >= 0.3 is 0 Å². The Morgan fingerprint density at radius 2 is 2.16 bits per heavy atom. The molecule has 1 aliphatic heterocycles. The van der Waals surface area contributed by atoms with E-state index < -0.39 is 0 Å². The molecule has 2 N–H and O–H groups in total. The number of rotatable bonds is 4. The summed E-state index contributed by atoms with van der Waals surface area (Å²) in [5.41, 5.74) is 8.45. The van der Waals surface area contributed by atoms with E-state index in [1.165, 1.54) is 11.3 Å². The van der Waals surface area contributed by atoms with Gasteiger partial charge in [-0.1, -0.05) is 22.9 Å². The van der Waals surface area contributed by atoms with Crippen molar-refractivity contribution < 1.29 is 0 Å². The highest BCUT2D eigenvalue weighted by Crippen LogP contribution is 2.27. The van der Waals surface area contributed by atoms with E-state index in [4.69, 9.17) is 5.73 Å². The van der Waals surface area contributed by atoms with E-state index in [1.807, 2.05) is 0 Å². The Balaban J connectivity index is 2.18. The monoisotopic (exact) mass is 325 g/mol. The van der Waals surface area contributed by atoms with Crippen LogP contribution in [0.15, 0.2) is 22.7 Å². The number of hydrogen-bond acceptors (Lipinski definition) is 3. The van der Waals surface area contributed by atoms with Crippen LogP contribution in [-0.4, -0.2) is 43.7 Å². The van der Waals surface area contributed by atoms with E-state index >= 15 is 0 Å².